The van der Waals surface area contributed by atoms with E-state index < -0.39 is 24.1 Å². The lowest BCUT2D eigenvalue weighted by molar-refractivity contribution is -0.0566. The van der Waals surface area contributed by atoms with Gasteiger partial charge in [-0.2, -0.15) is 8.78 Å². The van der Waals surface area contributed by atoms with E-state index in [1.54, 1.807) is 0 Å². The predicted molar refractivity (Wildman–Crippen MR) is 53.9 cm³/mol. The number of hydrogen-bond acceptors (Lipinski definition) is 2. The van der Waals surface area contributed by atoms with Gasteiger partial charge in [-0.1, -0.05) is 6.07 Å². The Morgan fingerprint density at radius 3 is 2.38 bits per heavy atom. The van der Waals surface area contributed by atoms with Gasteiger partial charge >= 0.3 is 5.97 Å². The largest absolute Gasteiger partial charge is 0.478 e. The quantitative estimate of drug-likeness (QED) is 0.835. The number of hydrogen-bond donors (Lipinski definition) is 2. The van der Waals surface area contributed by atoms with Crippen molar-refractivity contribution in [3.8, 4) is 0 Å². The lowest BCUT2D eigenvalue weighted by atomic mass is 9.93. The highest BCUT2D eigenvalue weighted by Crippen LogP contribution is 2.34. The topological polar surface area (TPSA) is 57.5 Å². The van der Waals surface area contributed by atoms with Crippen LogP contribution in [0.5, 0.6) is 0 Å². The van der Waals surface area contributed by atoms with Crippen LogP contribution in [0.3, 0.4) is 0 Å². The summed E-state index contributed by atoms with van der Waals surface area (Å²) in [6.07, 6.45) is 0. The second-order valence-electron chi connectivity index (χ2n) is 3.60. The first-order chi connectivity index (χ1) is 7.31. The first-order valence-electron chi connectivity index (χ1n) is 4.64. The molecule has 0 saturated heterocycles. The van der Waals surface area contributed by atoms with Crippen molar-refractivity contribution in [3.05, 3.63) is 34.4 Å². The molecule has 0 aromatic heterocycles. The zero-order valence-electron chi connectivity index (χ0n) is 8.92. The molecule has 0 aliphatic heterocycles. The fourth-order valence-electron chi connectivity index (χ4n) is 1.72. The third-order valence-electron chi connectivity index (χ3n) is 2.47. The van der Waals surface area contributed by atoms with Crippen LogP contribution in [-0.2, 0) is 5.92 Å². The summed E-state index contributed by atoms with van der Waals surface area (Å²) in [6, 6.07) is 2.60. The van der Waals surface area contributed by atoms with E-state index in [4.69, 9.17) is 10.2 Å². The van der Waals surface area contributed by atoms with E-state index in [0.29, 0.717) is 0 Å². The Balaban J connectivity index is 3.49. The summed E-state index contributed by atoms with van der Waals surface area (Å²) in [4.78, 5) is 10.8. The van der Waals surface area contributed by atoms with E-state index in [2.05, 4.69) is 0 Å². The highest BCUT2D eigenvalue weighted by Gasteiger charge is 2.35. The third-order valence-corrected chi connectivity index (χ3v) is 2.47. The van der Waals surface area contributed by atoms with Crippen LogP contribution in [0.2, 0.25) is 0 Å². The van der Waals surface area contributed by atoms with E-state index in [1.807, 2.05) is 0 Å². The predicted octanol–water partition coefficient (Wildman–Crippen LogP) is 2.09. The molecule has 1 aromatic rings. The summed E-state index contributed by atoms with van der Waals surface area (Å²) >= 11 is 0. The zero-order chi connectivity index (χ0) is 12.5. The van der Waals surface area contributed by atoms with E-state index in [9.17, 15) is 13.6 Å². The maximum absolute atomic E-state index is 13.4. The summed E-state index contributed by atoms with van der Waals surface area (Å²) in [7, 11) is 0. The van der Waals surface area contributed by atoms with Crippen molar-refractivity contribution in [1.29, 1.82) is 0 Å². The minimum Gasteiger partial charge on any atom is -0.478 e. The lowest BCUT2D eigenvalue weighted by Gasteiger charge is -2.20. The van der Waals surface area contributed by atoms with Gasteiger partial charge in [-0.25, -0.2) is 4.79 Å². The van der Waals surface area contributed by atoms with Gasteiger partial charge in [0.05, 0.1) is 5.56 Å². The summed E-state index contributed by atoms with van der Waals surface area (Å²) in [6.45, 7) is 1.44. The molecule has 0 aliphatic carbocycles. The molecule has 0 spiro atoms. The molecular weight excluding hydrogens is 218 g/mol. The Morgan fingerprint density at radius 2 is 1.94 bits per heavy atom. The molecular formula is C11H12F2O3. The second-order valence-corrected chi connectivity index (χ2v) is 3.60. The number of carbonyl (C=O) groups is 1. The van der Waals surface area contributed by atoms with E-state index in [-0.39, 0.29) is 16.7 Å². The van der Waals surface area contributed by atoms with Gasteiger partial charge in [-0.3, -0.25) is 0 Å². The molecule has 0 radical (unpaired) electrons. The molecule has 0 fully saturated rings. The number of alkyl halides is 2. The average Bonchev–Trinajstić information content (AvgIpc) is 2.16. The van der Waals surface area contributed by atoms with Crippen LogP contribution < -0.4 is 0 Å². The molecule has 1 aromatic carbocycles. The van der Waals surface area contributed by atoms with Crippen LogP contribution in [0.25, 0.3) is 0 Å². The molecule has 1 rings (SSSR count). The molecule has 0 amide bonds. The molecule has 3 nitrogen and oxygen atoms in total. The fourth-order valence-corrected chi connectivity index (χ4v) is 1.72. The summed E-state index contributed by atoms with van der Waals surface area (Å²) in [5.41, 5.74) is -0.322. The van der Waals surface area contributed by atoms with E-state index >= 15 is 0 Å². The van der Waals surface area contributed by atoms with Crippen molar-refractivity contribution in [2.45, 2.75) is 19.8 Å². The van der Waals surface area contributed by atoms with Gasteiger partial charge in [0.15, 0.2) is 0 Å². The summed E-state index contributed by atoms with van der Waals surface area (Å²) in [5, 5.41) is 17.4. The Hall–Kier alpha value is -1.49. The standard InChI is InChI=1S/C11H12F2O3/c1-6-3-4-8(10(15)16)7(2)9(6)11(12,13)5-14/h3-4,14H,5H2,1-2H3,(H,15,16). The Labute approximate surface area is 91.3 Å². The van der Waals surface area contributed by atoms with Gasteiger partial charge in [0.1, 0.15) is 6.61 Å². The maximum atomic E-state index is 13.4. The number of aryl methyl sites for hydroxylation is 1. The fraction of sp³-hybridized carbons (Fsp3) is 0.364. The third kappa shape index (κ3) is 2.04. The molecule has 88 valence electrons. The van der Waals surface area contributed by atoms with Crippen LogP contribution in [-0.4, -0.2) is 22.8 Å². The van der Waals surface area contributed by atoms with Crippen LogP contribution >= 0.6 is 0 Å². The van der Waals surface area contributed by atoms with Gasteiger partial charge in [0, 0.05) is 5.56 Å². The number of carboxylic acid groups (broad SMARTS) is 1. The van der Waals surface area contributed by atoms with Crippen molar-refractivity contribution in [1.82, 2.24) is 0 Å². The molecule has 0 bridgehead atoms. The molecule has 0 saturated carbocycles. The van der Waals surface area contributed by atoms with Crippen molar-refractivity contribution in [2.24, 2.45) is 0 Å². The zero-order valence-corrected chi connectivity index (χ0v) is 8.92. The van der Waals surface area contributed by atoms with Crippen molar-refractivity contribution in [2.75, 3.05) is 6.61 Å². The first kappa shape index (κ1) is 12.6. The summed E-state index contributed by atoms with van der Waals surface area (Å²) in [5.74, 6) is -4.67. The molecule has 16 heavy (non-hydrogen) atoms. The molecule has 0 aliphatic rings. The van der Waals surface area contributed by atoms with Gasteiger partial charge in [0.2, 0.25) is 0 Å². The number of aliphatic hydroxyl groups excluding tert-OH is 1. The van der Waals surface area contributed by atoms with Crippen molar-refractivity contribution in [3.63, 3.8) is 0 Å². The molecule has 0 atom stereocenters. The van der Waals surface area contributed by atoms with E-state index in [0.717, 1.165) is 0 Å². The molecule has 2 N–H and O–H groups in total. The minimum atomic E-state index is -3.42. The van der Waals surface area contributed by atoms with Gasteiger partial charge in [0.25, 0.3) is 5.92 Å². The number of benzene rings is 1. The van der Waals surface area contributed by atoms with Crippen LogP contribution in [0, 0.1) is 13.8 Å². The molecule has 0 heterocycles. The van der Waals surface area contributed by atoms with Crippen LogP contribution in [0.15, 0.2) is 12.1 Å². The Morgan fingerprint density at radius 1 is 1.38 bits per heavy atom. The normalized spacial score (nSPS) is 11.6. The number of aliphatic hydroxyl groups is 1. The van der Waals surface area contributed by atoms with Gasteiger partial charge < -0.3 is 10.2 Å². The summed E-state index contributed by atoms with van der Waals surface area (Å²) < 4.78 is 26.8. The van der Waals surface area contributed by atoms with Crippen LogP contribution in [0.1, 0.15) is 27.0 Å². The molecule has 0 unspecified atom stereocenters. The lowest BCUT2D eigenvalue weighted by Crippen LogP contribution is -2.22. The Kier molecular flexibility index (Phi) is 3.28. The van der Waals surface area contributed by atoms with Gasteiger partial charge in [-0.15, -0.1) is 0 Å². The minimum absolute atomic E-state index is 0.00782. The van der Waals surface area contributed by atoms with Crippen molar-refractivity contribution < 1.29 is 23.8 Å². The average molecular weight is 230 g/mol. The number of aromatic carboxylic acids is 1. The number of carboxylic acids is 1. The highest BCUT2D eigenvalue weighted by molar-refractivity contribution is 5.90. The molecule has 5 heteroatoms. The monoisotopic (exact) mass is 230 g/mol. The van der Waals surface area contributed by atoms with Crippen LogP contribution in [0.4, 0.5) is 8.78 Å². The maximum Gasteiger partial charge on any atom is 0.335 e. The highest BCUT2D eigenvalue weighted by atomic mass is 19.3. The first-order valence-corrected chi connectivity index (χ1v) is 4.64. The second kappa shape index (κ2) is 4.17. The van der Waals surface area contributed by atoms with Gasteiger partial charge in [-0.05, 0) is 31.0 Å². The van der Waals surface area contributed by atoms with E-state index in [1.165, 1.54) is 26.0 Å². The SMILES string of the molecule is Cc1ccc(C(=O)O)c(C)c1C(F)(F)CO. The smallest absolute Gasteiger partial charge is 0.335 e. The van der Waals surface area contributed by atoms with Crippen molar-refractivity contribution >= 4 is 5.97 Å². The number of halogens is 2. The number of rotatable bonds is 3. The Bertz CT molecular complexity index is 427.